The second-order valence-electron chi connectivity index (χ2n) is 8.52. The van der Waals surface area contributed by atoms with Crippen molar-refractivity contribution in [3.8, 4) is 11.1 Å². The van der Waals surface area contributed by atoms with Crippen LogP contribution in [-0.4, -0.2) is 42.3 Å². The van der Waals surface area contributed by atoms with Crippen molar-refractivity contribution in [2.24, 2.45) is 11.8 Å². The molecule has 0 aliphatic heterocycles. The number of carboxylic acids is 1. The quantitative estimate of drug-likeness (QED) is 0.587. The van der Waals surface area contributed by atoms with Crippen LogP contribution in [-0.2, 0) is 14.3 Å². The van der Waals surface area contributed by atoms with E-state index in [0.717, 1.165) is 11.1 Å². The van der Waals surface area contributed by atoms with Gasteiger partial charge in [-0.15, -0.1) is 0 Å². The standard InChI is InChI=1S/C25H28N2O5/c1-2-15(24(29)30)13-26-23(28)16-11-17(12-16)27-25(31)32-14-22-20-9-5-3-7-18(20)19-8-4-6-10-21(19)22/h3-10,15-17,22H,2,11-14H2,1H3,(H,26,28)(H,27,31)(H,29,30). The van der Waals surface area contributed by atoms with E-state index in [1.807, 2.05) is 24.3 Å². The predicted molar refractivity (Wildman–Crippen MR) is 119 cm³/mol. The average molecular weight is 437 g/mol. The Morgan fingerprint density at radius 2 is 1.62 bits per heavy atom. The van der Waals surface area contributed by atoms with Gasteiger partial charge in [0.05, 0.1) is 5.92 Å². The summed E-state index contributed by atoms with van der Waals surface area (Å²) in [4.78, 5) is 35.6. The third-order valence-electron chi connectivity index (χ3n) is 6.54. The molecule has 1 unspecified atom stereocenters. The molecule has 3 N–H and O–H groups in total. The predicted octanol–water partition coefficient (Wildman–Crippen LogP) is 3.53. The van der Waals surface area contributed by atoms with Crippen molar-refractivity contribution in [3.05, 3.63) is 59.7 Å². The fourth-order valence-corrected chi connectivity index (χ4v) is 4.53. The first-order chi connectivity index (χ1) is 15.5. The van der Waals surface area contributed by atoms with Crippen molar-refractivity contribution in [1.29, 1.82) is 0 Å². The summed E-state index contributed by atoms with van der Waals surface area (Å²) >= 11 is 0. The summed E-state index contributed by atoms with van der Waals surface area (Å²) in [6.45, 7) is 2.17. The number of hydrogen-bond acceptors (Lipinski definition) is 4. The summed E-state index contributed by atoms with van der Waals surface area (Å²) in [5.74, 6) is -1.84. The molecule has 2 amide bonds. The number of fused-ring (bicyclic) bond motifs is 3. The van der Waals surface area contributed by atoms with Crippen molar-refractivity contribution in [3.63, 3.8) is 0 Å². The van der Waals surface area contributed by atoms with E-state index in [4.69, 9.17) is 9.84 Å². The lowest BCUT2D eigenvalue weighted by atomic mass is 9.79. The van der Waals surface area contributed by atoms with E-state index in [2.05, 4.69) is 34.9 Å². The Bertz CT molecular complexity index is 969. The van der Waals surface area contributed by atoms with Gasteiger partial charge >= 0.3 is 12.1 Å². The van der Waals surface area contributed by atoms with Crippen molar-refractivity contribution >= 4 is 18.0 Å². The Morgan fingerprint density at radius 1 is 1.03 bits per heavy atom. The molecule has 2 aromatic carbocycles. The number of hydrogen-bond donors (Lipinski definition) is 3. The monoisotopic (exact) mass is 436 g/mol. The van der Waals surface area contributed by atoms with E-state index in [1.54, 1.807) is 6.92 Å². The van der Waals surface area contributed by atoms with E-state index in [0.29, 0.717) is 19.3 Å². The number of amides is 2. The van der Waals surface area contributed by atoms with Crippen LogP contribution in [0.25, 0.3) is 11.1 Å². The second kappa shape index (κ2) is 9.42. The van der Waals surface area contributed by atoms with Crippen molar-refractivity contribution in [2.45, 2.75) is 38.1 Å². The van der Waals surface area contributed by atoms with Gasteiger partial charge < -0.3 is 20.5 Å². The Morgan fingerprint density at radius 3 is 2.19 bits per heavy atom. The number of carbonyl (C=O) groups excluding carboxylic acids is 2. The number of carbonyl (C=O) groups is 3. The molecule has 1 saturated carbocycles. The third kappa shape index (κ3) is 4.47. The van der Waals surface area contributed by atoms with Crippen molar-refractivity contribution in [1.82, 2.24) is 10.6 Å². The van der Waals surface area contributed by atoms with Crippen LogP contribution in [0, 0.1) is 11.8 Å². The average Bonchev–Trinajstić information content (AvgIpc) is 3.08. The highest BCUT2D eigenvalue weighted by Crippen LogP contribution is 2.44. The minimum absolute atomic E-state index is 0.00816. The van der Waals surface area contributed by atoms with Gasteiger partial charge in [0.25, 0.3) is 0 Å². The molecule has 2 aromatic rings. The van der Waals surface area contributed by atoms with Gasteiger partial charge in [-0.05, 0) is 41.5 Å². The van der Waals surface area contributed by atoms with Crippen LogP contribution < -0.4 is 10.6 Å². The van der Waals surface area contributed by atoms with Crippen molar-refractivity contribution < 1.29 is 24.2 Å². The molecule has 2 aliphatic carbocycles. The third-order valence-corrected chi connectivity index (χ3v) is 6.54. The maximum Gasteiger partial charge on any atom is 0.407 e. The molecule has 1 atom stereocenters. The molecule has 1 fully saturated rings. The van der Waals surface area contributed by atoms with E-state index in [1.165, 1.54) is 11.1 Å². The number of rotatable bonds is 8. The zero-order valence-corrected chi connectivity index (χ0v) is 18.0. The molecular formula is C25H28N2O5. The van der Waals surface area contributed by atoms with Crippen LogP contribution in [0.2, 0.25) is 0 Å². The van der Waals surface area contributed by atoms with Crippen LogP contribution in [0.5, 0.6) is 0 Å². The lowest BCUT2D eigenvalue weighted by molar-refractivity contribution is -0.142. The summed E-state index contributed by atoms with van der Waals surface area (Å²) in [6.07, 6.45) is 1.04. The molecule has 0 saturated heterocycles. The Labute approximate surface area is 187 Å². The minimum Gasteiger partial charge on any atom is -0.481 e. The van der Waals surface area contributed by atoms with Crippen LogP contribution in [0.3, 0.4) is 0 Å². The van der Waals surface area contributed by atoms with Crippen LogP contribution in [0.4, 0.5) is 4.79 Å². The largest absolute Gasteiger partial charge is 0.481 e. The Balaban J connectivity index is 1.23. The maximum atomic E-state index is 12.3. The number of alkyl carbamates (subject to hydrolysis) is 1. The van der Waals surface area contributed by atoms with E-state index >= 15 is 0 Å². The highest BCUT2D eigenvalue weighted by molar-refractivity contribution is 5.81. The summed E-state index contributed by atoms with van der Waals surface area (Å²) in [5, 5.41) is 14.6. The van der Waals surface area contributed by atoms with E-state index in [-0.39, 0.29) is 36.9 Å². The van der Waals surface area contributed by atoms with Gasteiger partial charge in [0.1, 0.15) is 6.61 Å². The zero-order valence-electron chi connectivity index (χ0n) is 18.0. The van der Waals surface area contributed by atoms with E-state index in [9.17, 15) is 14.4 Å². The topological polar surface area (TPSA) is 105 Å². The number of carboxylic acid groups (broad SMARTS) is 1. The molecule has 168 valence electrons. The fourth-order valence-electron chi connectivity index (χ4n) is 4.53. The molecule has 32 heavy (non-hydrogen) atoms. The summed E-state index contributed by atoms with van der Waals surface area (Å²) in [6, 6.07) is 16.2. The molecule has 0 heterocycles. The summed E-state index contributed by atoms with van der Waals surface area (Å²) < 4.78 is 5.55. The highest BCUT2D eigenvalue weighted by Gasteiger charge is 2.36. The molecular weight excluding hydrogens is 408 g/mol. The lowest BCUT2D eigenvalue weighted by Crippen LogP contribution is -2.50. The first kappa shape index (κ1) is 21.9. The first-order valence-corrected chi connectivity index (χ1v) is 11.1. The SMILES string of the molecule is CCC(CNC(=O)C1CC(NC(=O)OCC2c3ccccc3-c3ccccc32)C1)C(=O)O. The number of ether oxygens (including phenoxy) is 1. The van der Waals surface area contributed by atoms with Gasteiger partial charge in [-0.25, -0.2) is 4.79 Å². The van der Waals surface area contributed by atoms with Crippen LogP contribution in [0.15, 0.2) is 48.5 Å². The Kier molecular flexibility index (Phi) is 6.44. The van der Waals surface area contributed by atoms with Gasteiger partial charge in [-0.3, -0.25) is 9.59 Å². The molecule has 0 spiro atoms. The van der Waals surface area contributed by atoms with Crippen LogP contribution in [0.1, 0.15) is 43.2 Å². The lowest BCUT2D eigenvalue weighted by Gasteiger charge is -2.34. The van der Waals surface area contributed by atoms with Gasteiger partial charge in [0, 0.05) is 24.4 Å². The Hall–Kier alpha value is -3.35. The maximum absolute atomic E-state index is 12.3. The van der Waals surface area contributed by atoms with Gasteiger partial charge in [0.15, 0.2) is 0 Å². The first-order valence-electron chi connectivity index (χ1n) is 11.1. The molecule has 0 radical (unpaired) electrons. The molecule has 7 nitrogen and oxygen atoms in total. The van der Waals surface area contributed by atoms with E-state index < -0.39 is 18.0 Å². The molecule has 2 aliphatic rings. The number of nitrogens with one attached hydrogen (secondary N) is 2. The van der Waals surface area contributed by atoms with Crippen LogP contribution >= 0.6 is 0 Å². The van der Waals surface area contributed by atoms with Gasteiger partial charge in [-0.1, -0.05) is 55.5 Å². The molecule has 7 heteroatoms. The minimum atomic E-state index is -0.906. The molecule has 0 bridgehead atoms. The zero-order chi connectivity index (χ0) is 22.7. The normalized spacial score (nSPS) is 19.8. The molecule has 0 aromatic heterocycles. The molecule has 4 rings (SSSR count). The summed E-state index contributed by atoms with van der Waals surface area (Å²) in [7, 11) is 0. The van der Waals surface area contributed by atoms with Crippen molar-refractivity contribution in [2.75, 3.05) is 13.2 Å². The fraction of sp³-hybridized carbons (Fsp3) is 0.400. The smallest absolute Gasteiger partial charge is 0.407 e. The van der Waals surface area contributed by atoms with Gasteiger partial charge in [0.2, 0.25) is 5.91 Å². The highest BCUT2D eigenvalue weighted by atomic mass is 16.5. The number of aliphatic carboxylic acids is 1. The number of benzene rings is 2. The summed E-state index contributed by atoms with van der Waals surface area (Å²) in [5.41, 5.74) is 4.68. The second-order valence-corrected chi connectivity index (χ2v) is 8.52. The van der Waals surface area contributed by atoms with Gasteiger partial charge in [-0.2, -0.15) is 0 Å².